The molecule has 0 aliphatic carbocycles. The molecule has 2 rings (SSSR count). The summed E-state index contributed by atoms with van der Waals surface area (Å²) in [5.41, 5.74) is 0.437. The van der Waals surface area contributed by atoms with Crippen LogP contribution in [-0.4, -0.2) is 40.1 Å². The summed E-state index contributed by atoms with van der Waals surface area (Å²) in [4.78, 5) is 11.9. The highest BCUT2D eigenvalue weighted by molar-refractivity contribution is 7.99. The lowest BCUT2D eigenvalue weighted by molar-refractivity contribution is -0.113. The summed E-state index contributed by atoms with van der Waals surface area (Å²) < 4.78 is 19.9. The van der Waals surface area contributed by atoms with Gasteiger partial charge >= 0.3 is 0 Å². The van der Waals surface area contributed by atoms with E-state index in [1.807, 2.05) is 4.57 Å². The number of carbonyl (C=O) groups excluding carboxylic acids is 1. The van der Waals surface area contributed by atoms with E-state index >= 15 is 0 Å². The predicted octanol–water partition coefficient (Wildman–Crippen LogP) is 2.18. The Bertz CT molecular complexity index is 620. The molecule has 0 saturated carbocycles. The molecule has 0 aliphatic heterocycles. The van der Waals surface area contributed by atoms with Gasteiger partial charge < -0.3 is 14.6 Å². The van der Waals surface area contributed by atoms with Crippen molar-refractivity contribution in [1.29, 1.82) is 0 Å². The Kier molecular flexibility index (Phi) is 6.35. The van der Waals surface area contributed by atoms with E-state index in [1.54, 1.807) is 25.6 Å². The monoisotopic (exact) mass is 324 g/mol. The first-order valence-electron chi connectivity index (χ1n) is 6.74. The average molecular weight is 324 g/mol. The number of hydrogen-bond donors (Lipinski definition) is 1. The van der Waals surface area contributed by atoms with Crippen LogP contribution in [0.1, 0.15) is 6.42 Å². The molecule has 0 bridgehead atoms. The topological polar surface area (TPSA) is 69.0 Å². The van der Waals surface area contributed by atoms with Crippen LogP contribution in [0.3, 0.4) is 0 Å². The number of aromatic nitrogens is 3. The standard InChI is InChI=1S/C14H17FN4O2S/c1-21-7-3-6-19-10-16-18-14(19)22-9-13(20)17-12-5-2-4-11(15)8-12/h2,4-5,8,10H,3,6-7,9H2,1H3,(H,17,20). The van der Waals surface area contributed by atoms with Crippen molar-refractivity contribution in [3.05, 3.63) is 36.4 Å². The molecule has 1 aromatic heterocycles. The van der Waals surface area contributed by atoms with Crippen LogP contribution in [0.4, 0.5) is 10.1 Å². The molecule has 0 aliphatic rings. The fourth-order valence-corrected chi connectivity index (χ4v) is 2.52. The van der Waals surface area contributed by atoms with Crippen molar-refractivity contribution in [3.63, 3.8) is 0 Å². The largest absolute Gasteiger partial charge is 0.385 e. The first-order valence-corrected chi connectivity index (χ1v) is 7.72. The van der Waals surface area contributed by atoms with Crippen molar-refractivity contribution in [2.75, 3.05) is 24.8 Å². The van der Waals surface area contributed by atoms with Gasteiger partial charge in [-0.15, -0.1) is 10.2 Å². The number of methoxy groups -OCH3 is 1. The van der Waals surface area contributed by atoms with Gasteiger partial charge in [0.15, 0.2) is 5.16 Å². The van der Waals surface area contributed by atoms with Crippen LogP contribution in [0, 0.1) is 5.82 Å². The molecule has 118 valence electrons. The molecule has 22 heavy (non-hydrogen) atoms. The minimum absolute atomic E-state index is 0.180. The molecule has 0 saturated heterocycles. The van der Waals surface area contributed by atoms with Gasteiger partial charge in [0.2, 0.25) is 5.91 Å². The zero-order valence-electron chi connectivity index (χ0n) is 12.2. The number of aryl methyl sites for hydroxylation is 1. The van der Waals surface area contributed by atoms with Crippen LogP contribution in [0.25, 0.3) is 0 Å². The fourth-order valence-electron chi connectivity index (χ4n) is 1.78. The number of carbonyl (C=O) groups is 1. The van der Waals surface area contributed by atoms with Gasteiger partial charge in [-0.1, -0.05) is 17.8 Å². The third-order valence-corrected chi connectivity index (χ3v) is 3.75. The summed E-state index contributed by atoms with van der Waals surface area (Å²) in [6.45, 7) is 1.39. The van der Waals surface area contributed by atoms with Crippen LogP contribution in [0.15, 0.2) is 35.7 Å². The zero-order valence-corrected chi connectivity index (χ0v) is 13.0. The van der Waals surface area contributed by atoms with Crippen LogP contribution >= 0.6 is 11.8 Å². The van der Waals surface area contributed by atoms with Gasteiger partial charge in [-0.25, -0.2) is 4.39 Å². The van der Waals surface area contributed by atoms with Crippen LogP contribution < -0.4 is 5.32 Å². The highest BCUT2D eigenvalue weighted by Crippen LogP contribution is 2.16. The van der Waals surface area contributed by atoms with Crippen molar-refractivity contribution < 1.29 is 13.9 Å². The third-order valence-electron chi connectivity index (χ3n) is 2.77. The maximum atomic E-state index is 13.0. The molecule has 0 unspecified atom stereocenters. The van der Waals surface area contributed by atoms with E-state index in [4.69, 9.17) is 4.74 Å². The van der Waals surface area contributed by atoms with Gasteiger partial charge in [-0.3, -0.25) is 4.79 Å². The normalized spacial score (nSPS) is 10.6. The summed E-state index contributed by atoms with van der Waals surface area (Å²) in [7, 11) is 1.65. The number of nitrogens with one attached hydrogen (secondary N) is 1. The number of rotatable bonds is 8. The number of thioether (sulfide) groups is 1. The first kappa shape index (κ1) is 16.4. The second kappa shape index (κ2) is 8.50. The Labute approximate surface area is 132 Å². The number of benzene rings is 1. The number of halogens is 1. The highest BCUT2D eigenvalue weighted by Gasteiger charge is 2.09. The molecule has 0 fully saturated rings. The number of anilines is 1. The Morgan fingerprint density at radius 1 is 1.50 bits per heavy atom. The predicted molar refractivity (Wildman–Crippen MR) is 82.3 cm³/mol. The molecule has 1 aromatic carbocycles. The second-order valence-corrected chi connectivity index (χ2v) is 5.44. The van der Waals surface area contributed by atoms with Crippen molar-refractivity contribution >= 4 is 23.4 Å². The lowest BCUT2D eigenvalue weighted by Gasteiger charge is -2.07. The van der Waals surface area contributed by atoms with Crippen molar-refractivity contribution in [2.24, 2.45) is 0 Å². The van der Waals surface area contributed by atoms with E-state index < -0.39 is 0 Å². The number of ether oxygens (including phenoxy) is 1. The summed E-state index contributed by atoms with van der Waals surface area (Å²) in [5, 5.41) is 11.1. The van der Waals surface area contributed by atoms with E-state index in [1.165, 1.54) is 23.9 Å². The summed E-state index contributed by atoms with van der Waals surface area (Å²) in [5.74, 6) is -0.426. The molecule has 1 heterocycles. The summed E-state index contributed by atoms with van der Waals surface area (Å²) in [6.07, 6.45) is 2.47. The number of nitrogens with zero attached hydrogens (tertiary/aromatic N) is 3. The smallest absolute Gasteiger partial charge is 0.234 e. The van der Waals surface area contributed by atoms with Crippen molar-refractivity contribution in [2.45, 2.75) is 18.1 Å². The molecular formula is C14H17FN4O2S. The van der Waals surface area contributed by atoms with Gasteiger partial charge in [0, 0.05) is 25.9 Å². The Balaban J connectivity index is 1.82. The second-order valence-electron chi connectivity index (χ2n) is 4.50. The fraction of sp³-hybridized carbons (Fsp3) is 0.357. The number of amides is 1. The van der Waals surface area contributed by atoms with E-state index in [9.17, 15) is 9.18 Å². The molecule has 1 N–H and O–H groups in total. The Morgan fingerprint density at radius 3 is 3.14 bits per heavy atom. The Morgan fingerprint density at radius 2 is 2.36 bits per heavy atom. The molecule has 0 spiro atoms. The lowest BCUT2D eigenvalue weighted by Crippen LogP contribution is -2.14. The minimum Gasteiger partial charge on any atom is -0.385 e. The zero-order chi connectivity index (χ0) is 15.8. The lowest BCUT2D eigenvalue weighted by atomic mass is 10.3. The summed E-state index contributed by atoms with van der Waals surface area (Å²) in [6, 6.07) is 5.78. The van der Waals surface area contributed by atoms with Gasteiger partial charge in [-0.05, 0) is 24.6 Å². The SMILES string of the molecule is COCCCn1cnnc1SCC(=O)Nc1cccc(F)c1. The van der Waals surface area contributed by atoms with E-state index in [0.29, 0.717) is 17.5 Å². The highest BCUT2D eigenvalue weighted by atomic mass is 32.2. The molecular weight excluding hydrogens is 307 g/mol. The average Bonchev–Trinajstić information content (AvgIpc) is 2.93. The first-order chi connectivity index (χ1) is 10.7. The molecule has 1 amide bonds. The van der Waals surface area contributed by atoms with Gasteiger partial charge in [0.05, 0.1) is 5.75 Å². The summed E-state index contributed by atoms with van der Waals surface area (Å²) >= 11 is 1.29. The molecule has 0 radical (unpaired) electrons. The molecule has 8 heteroatoms. The number of hydrogen-bond acceptors (Lipinski definition) is 5. The molecule has 0 atom stereocenters. The van der Waals surface area contributed by atoms with E-state index in [0.717, 1.165) is 13.0 Å². The van der Waals surface area contributed by atoms with Gasteiger partial charge in [0.25, 0.3) is 0 Å². The van der Waals surface area contributed by atoms with Crippen LogP contribution in [0.5, 0.6) is 0 Å². The van der Waals surface area contributed by atoms with Gasteiger partial charge in [-0.2, -0.15) is 0 Å². The van der Waals surface area contributed by atoms with Crippen molar-refractivity contribution in [1.82, 2.24) is 14.8 Å². The molecule has 6 nitrogen and oxygen atoms in total. The van der Waals surface area contributed by atoms with Crippen LogP contribution in [-0.2, 0) is 16.1 Å². The van der Waals surface area contributed by atoms with E-state index in [2.05, 4.69) is 15.5 Å². The maximum absolute atomic E-state index is 13.0. The molecule has 2 aromatic rings. The third kappa shape index (κ3) is 5.12. The Hall–Kier alpha value is -1.93. The minimum atomic E-state index is -0.386. The van der Waals surface area contributed by atoms with Crippen molar-refractivity contribution in [3.8, 4) is 0 Å². The maximum Gasteiger partial charge on any atom is 0.234 e. The van der Waals surface area contributed by atoms with E-state index in [-0.39, 0.29) is 17.5 Å². The quantitative estimate of drug-likeness (QED) is 0.595. The van der Waals surface area contributed by atoms with Crippen LogP contribution in [0.2, 0.25) is 0 Å². The van der Waals surface area contributed by atoms with Gasteiger partial charge in [0.1, 0.15) is 12.1 Å².